The number of piperazine rings is 1. The second-order valence-electron chi connectivity index (χ2n) is 8.59. The number of aryl methyl sites for hydroxylation is 1. The predicted octanol–water partition coefficient (Wildman–Crippen LogP) is 4.31. The molecule has 2 aromatic carbocycles. The van der Waals surface area contributed by atoms with Gasteiger partial charge in [-0.05, 0) is 42.2 Å². The minimum atomic E-state index is -0.513. The highest BCUT2D eigenvalue weighted by Gasteiger charge is 2.32. The van der Waals surface area contributed by atoms with Gasteiger partial charge in [0.15, 0.2) is 6.19 Å². The summed E-state index contributed by atoms with van der Waals surface area (Å²) in [6.45, 7) is 7.96. The van der Waals surface area contributed by atoms with Crippen LogP contribution in [-0.4, -0.2) is 46.5 Å². The van der Waals surface area contributed by atoms with Gasteiger partial charge < -0.3 is 9.80 Å². The van der Waals surface area contributed by atoms with Crippen LogP contribution in [0.2, 0.25) is 0 Å². The SMILES string of the molecule is Cc1ccccc1N=C(NC#N)N1CCN(c2cnc3cc(CF)ccc3n2)CC1C(C)C. The van der Waals surface area contributed by atoms with Gasteiger partial charge in [0.1, 0.15) is 12.5 Å². The summed E-state index contributed by atoms with van der Waals surface area (Å²) in [5.74, 6) is 1.68. The number of hydrogen-bond donors (Lipinski definition) is 1. The van der Waals surface area contributed by atoms with Crippen LogP contribution >= 0.6 is 0 Å². The molecule has 0 aliphatic carbocycles. The normalized spacial score (nSPS) is 16.8. The van der Waals surface area contributed by atoms with E-state index in [1.807, 2.05) is 37.3 Å². The van der Waals surface area contributed by atoms with Gasteiger partial charge >= 0.3 is 0 Å². The van der Waals surface area contributed by atoms with Gasteiger partial charge in [0, 0.05) is 19.6 Å². The topological polar surface area (TPSA) is 80.4 Å². The van der Waals surface area contributed by atoms with Gasteiger partial charge in [-0.25, -0.2) is 14.4 Å². The van der Waals surface area contributed by atoms with Crippen LogP contribution < -0.4 is 10.2 Å². The lowest BCUT2D eigenvalue weighted by Gasteiger charge is -2.44. The van der Waals surface area contributed by atoms with Crippen LogP contribution in [-0.2, 0) is 6.67 Å². The third kappa shape index (κ3) is 4.87. The van der Waals surface area contributed by atoms with Crippen molar-refractivity contribution >= 4 is 28.5 Å². The number of anilines is 1. The van der Waals surface area contributed by atoms with Crippen molar-refractivity contribution in [2.24, 2.45) is 10.9 Å². The number of nitrogens with zero attached hydrogens (tertiary/aromatic N) is 6. The van der Waals surface area contributed by atoms with Gasteiger partial charge in [-0.2, -0.15) is 5.26 Å². The maximum Gasteiger partial charge on any atom is 0.212 e. The fourth-order valence-corrected chi connectivity index (χ4v) is 4.15. The highest BCUT2D eigenvalue weighted by molar-refractivity contribution is 5.85. The number of para-hydroxylation sites is 1. The van der Waals surface area contributed by atoms with Crippen molar-refractivity contribution in [2.45, 2.75) is 33.5 Å². The molecule has 1 aromatic heterocycles. The number of aliphatic imine (C=N–C) groups is 1. The maximum atomic E-state index is 13.0. The smallest absolute Gasteiger partial charge is 0.212 e. The molecule has 1 aliphatic heterocycles. The molecule has 8 heteroatoms. The van der Waals surface area contributed by atoms with Crippen molar-refractivity contribution in [3.05, 3.63) is 59.8 Å². The van der Waals surface area contributed by atoms with Gasteiger partial charge in [-0.1, -0.05) is 38.1 Å². The number of hydrogen-bond acceptors (Lipinski definition) is 5. The standard InChI is InChI=1S/C25H28FN7/c1-17(2)23-15-32(24-14-28-22-12-19(13-26)8-9-21(22)30-24)10-11-33(23)25(29-16-27)31-20-7-5-4-6-18(20)3/h4-9,12,14,17,23H,10-11,13,15H2,1-3H3,(H,29,31). The molecule has 7 nitrogen and oxygen atoms in total. The minimum Gasteiger partial charge on any atom is -0.351 e. The number of nitrogens with one attached hydrogen (secondary N) is 1. The molecule has 1 aliphatic rings. The summed E-state index contributed by atoms with van der Waals surface area (Å²) in [6.07, 6.45) is 3.81. The van der Waals surface area contributed by atoms with E-state index < -0.39 is 6.67 Å². The lowest BCUT2D eigenvalue weighted by atomic mass is 9.99. The monoisotopic (exact) mass is 445 g/mol. The molecular formula is C25H28FN7. The Morgan fingerprint density at radius 1 is 1.24 bits per heavy atom. The molecule has 1 atom stereocenters. The molecule has 4 rings (SSSR count). The Bertz CT molecular complexity index is 1200. The van der Waals surface area contributed by atoms with E-state index in [4.69, 9.17) is 9.98 Å². The lowest BCUT2D eigenvalue weighted by molar-refractivity contribution is 0.220. The van der Waals surface area contributed by atoms with Crippen LogP contribution in [0.5, 0.6) is 0 Å². The van der Waals surface area contributed by atoms with Crippen molar-refractivity contribution in [1.82, 2.24) is 20.2 Å². The summed E-state index contributed by atoms with van der Waals surface area (Å²) in [4.78, 5) is 18.5. The van der Waals surface area contributed by atoms with Crippen LogP contribution in [0.3, 0.4) is 0 Å². The summed E-state index contributed by atoms with van der Waals surface area (Å²) < 4.78 is 13.0. The van der Waals surface area contributed by atoms with Crippen molar-refractivity contribution in [1.29, 1.82) is 5.26 Å². The second-order valence-corrected chi connectivity index (χ2v) is 8.59. The summed E-state index contributed by atoms with van der Waals surface area (Å²) in [7, 11) is 0. The Hall–Kier alpha value is -3.73. The van der Waals surface area contributed by atoms with E-state index in [-0.39, 0.29) is 6.04 Å². The van der Waals surface area contributed by atoms with Gasteiger partial charge in [0.05, 0.1) is 29.0 Å². The van der Waals surface area contributed by atoms with Crippen LogP contribution in [0.4, 0.5) is 15.9 Å². The summed E-state index contributed by atoms with van der Waals surface area (Å²) in [5.41, 5.74) is 3.94. The van der Waals surface area contributed by atoms with Gasteiger partial charge in [-0.15, -0.1) is 0 Å². The average molecular weight is 446 g/mol. The van der Waals surface area contributed by atoms with Crippen molar-refractivity contribution in [3.63, 3.8) is 0 Å². The van der Waals surface area contributed by atoms with E-state index in [2.05, 4.69) is 40.1 Å². The highest BCUT2D eigenvalue weighted by atomic mass is 19.1. The van der Waals surface area contributed by atoms with E-state index in [1.165, 1.54) is 0 Å². The lowest BCUT2D eigenvalue weighted by Crippen LogP contribution is -2.59. The van der Waals surface area contributed by atoms with Crippen LogP contribution in [0.1, 0.15) is 25.0 Å². The predicted molar refractivity (Wildman–Crippen MR) is 129 cm³/mol. The summed E-state index contributed by atoms with van der Waals surface area (Å²) in [5, 5.41) is 12.2. The molecule has 0 spiro atoms. The summed E-state index contributed by atoms with van der Waals surface area (Å²) >= 11 is 0. The molecule has 170 valence electrons. The van der Waals surface area contributed by atoms with E-state index >= 15 is 0 Å². The van der Waals surface area contributed by atoms with E-state index in [1.54, 1.807) is 18.3 Å². The molecule has 2 heterocycles. The number of fused-ring (bicyclic) bond motifs is 1. The van der Waals surface area contributed by atoms with Crippen molar-refractivity contribution in [2.75, 3.05) is 24.5 Å². The number of rotatable bonds is 4. The van der Waals surface area contributed by atoms with Crippen LogP contribution in [0, 0.1) is 24.3 Å². The zero-order chi connectivity index (χ0) is 23.4. The minimum absolute atomic E-state index is 0.119. The first-order chi connectivity index (χ1) is 16.0. The largest absolute Gasteiger partial charge is 0.351 e. The molecule has 1 saturated heterocycles. The zero-order valence-electron chi connectivity index (χ0n) is 19.2. The maximum absolute atomic E-state index is 13.0. The molecule has 0 amide bonds. The molecule has 1 fully saturated rings. The molecule has 0 saturated carbocycles. The molecule has 33 heavy (non-hydrogen) atoms. The molecule has 0 radical (unpaired) electrons. The molecule has 3 aromatic rings. The third-order valence-corrected chi connectivity index (χ3v) is 6.04. The number of aromatic nitrogens is 2. The fraction of sp³-hybridized carbons (Fsp3) is 0.360. The molecule has 0 bridgehead atoms. The first kappa shape index (κ1) is 22.5. The van der Waals surface area contributed by atoms with E-state index in [0.717, 1.165) is 29.1 Å². The molecule has 1 N–H and O–H groups in total. The van der Waals surface area contributed by atoms with E-state index in [0.29, 0.717) is 36.0 Å². The number of nitriles is 1. The van der Waals surface area contributed by atoms with Crippen molar-refractivity contribution < 1.29 is 4.39 Å². The Kier molecular flexibility index (Phi) is 6.68. The number of alkyl halides is 1. The first-order valence-corrected chi connectivity index (χ1v) is 11.1. The number of guanidine groups is 1. The van der Waals surface area contributed by atoms with Crippen LogP contribution in [0.25, 0.3) is 11.0 Å². The number of benzene rings is 2. The Balaban J connectivity index is 1.61. The van der Waals surface area contributed by atoms with Gasteiger partial charge in [-0.3, -0.25) is 10.3 Å². The number of halogens is 1. The molecule has 1 unspecified atom stereocenters. The highest BCUT2D eigenvalue weighted by Crippen LogP contribution is 2.25. The summed E-state index contributed by atoms with van der Waals surface area (Å²) in [6, 6.07) is 13.3. The van der Waals surface area contributed by atoms with Gasteiger partial charge in [0.2, 0.25) is 5.96 Å². The van der Waals surface area contributed by atoms with E-state index in [9.17, 15) is 9.65 Å². The second kappa shape index (κ2) is 9.82. The fourth-order valence-electron chi connectivity index (χ4n) is 4.15. The van der Waals surface area contributed by atoms with Crippen molar-refractivity contribution in [3.8, 4) is 6.19 Å². The Labute approximate surface area is 193 Å². The first-order valence-electron chi connectivity index (χ1n) is 11.1. The molecular weight excluding hydrogens is 417 g/mol. The average Bonchev–Trinajstić information content (AvgIpc) is 2.84. The Morgan fingerprint density at radius 3 is 2.79 bits per heavy atom. The quantitative estimate of drug-likeness (QED) is 0.279. The van der Waals surface area contributed by atoms with Gasteiger partial charge in [0.25, 0.3) is 0 Å². The van der Waals surface area contributed by atoms with Crippen LogP contribution in [0.15, 0.2) is 53.7 Å². The third-order valence-electron chi connectivity index (χ3n) is 6.04. The Morgan fingerprint density at radius 2 is 2.06 bits per heavy atom. The zero-order valence-corrected chi connectivity index (χ0v) is 19.2.